The van der Waals surface area contributed by atoms with E-state index in [0.717, 1.165) is 38.7 Å². The molecule has 1 fully saturated rings. The topological polar surface area (TPSA) is 49.2 Å². The Morgan fingerprint density at radius 3 is 2.73 bits per heavy atom. The molecule has 0 radical (unpaired) electrons. The highest BCUT2D eigenvalue weighted by atomic mass is 35.5. The molecular weight excluding hydrogens is 353 g/mol. The number of pyridine rings is 1. The molecule has 1 aliphatic carbocycles. The smallest absolute Gasteiger partial charge is 0.167 e. The van der Waals surface area contributed by atoms with Crippen LogP contribution in [0.1, 0.15) is 64.9 Å². The predicted molar refractivity (Wildman–Crippen MR) is 103 cm³/mol. The summed E-state index contributed by atoms with van der Waals surface area (Å²) in [5.41, 5.74) is -0.0458. The van der Waals surface area contributed by atoms with Gasteiger partial charge in [-0.2, -0.15) is 5.26 Å². The van der Waals surface area contributed by atoms with Crippen LogP contribution in [0.15, 0.2) is 6.07 Å². The molecule has 0 aromatic carbocycles. The zero-order valence-corrected chi connectivity index (χ0v) is 16.9. The molecule has 0 N–H and O–H groups in total. The molecule has 1 aromatic heterocycles. The van der Waals surface area contributed by atoms with E-state index >= 15 is 0 Å². The van der Waals surface area contributed by atoms with E-state index < -0.39 is 5.82 Å². The van der Waals surface area contributed by atoms with Crippen molar-refractivity contribution in [2.45, 2.75) is 70.9 Å². The van der Waals surface area contributed by atoms with E-state index in [2.05, 4.69) is 25.8 Å². The van der Waals surface area contributed by atoms with Crippen LogP contribution in [-0.4, -0.2) is 30.3 Å². The first-order valence-corrected chi connectivity index (χ1v) is 9.73. The fourth-order valence-corrected chi connectivity index (χ4v) is 3.88. The summed E-state index contributed by atoms with van der Waals surface area (Å²) in [5, 5.41) is 9.03. The van der Waals surface area contributed by atoms with Crippen molar-refractivity contribution in [1.82, 2.24) is 4.98 Å². The van der Waals surface area contributed by atoms with Gasteiger partial charge in [-0.25, -0.2) is 9.37 Å². The number of halogens is 2. The molecule has 2 atom stereocenters. The minimum absolute atomic E-state index is 0.0571. The molecule has 0 bridgehead atoms. The lowest BCUT2D eigenvalue weighted by Gasteiger charge is -2.39. The number of ether oxygens (including phenoxy) is 1. The van der Waals surface area contributed by atoms with Crippen LogP contribution in [-0.2, 0) is 4.74 Å². The van der Waals surface area contributed by atoms with Crippen molar-refractivity contribution in [3.63, 3.8) is 0 Å². The fourth-order valence-electron chi connectivity index (χ4n) is 3.70. The summed E-state index contributed by atoms with van der Waals surface area (Å²) in [4.78, 5) is 6.06. The summed E-state index contributed by atoms with van der Waals surface area (Å²) < 4.78 is 20.3. The van der Waals surface area contributed by atoms with Gasteiger partial charge in [0.25, 0.3) is 0 Å². The second-order valence-electron chi connectivity index (χ2n) is 8.07. The average molecular weight is 382 g/mol. The predicted octanol–water partition coefficient (Wildman–Crippen LogP) is 5.34. The molecule has 1 heterocycles. The number of nitrogens with zero attached hydrogens (tertiary/aromatic N) is 3. The fraction of sp³-hybridized carbons (Fsp3) is 0.700. The van der Waals surface area contributed by atoms with Crippen LogP contribution >= 0.6 is 11.6 Å². The van der Waals surface area contributed by atoms with Gasteiger partial charge in [-0.05, 0) is 58.4 Å². The maximum atomic E-state index is 14.5. The molecule has 0 amide bonds. The SMILES string of the molecule is CN(c1nc(Cl)c(C#N)cc1F)C1CCCCC1CCCOC(C)(C)C. The first kappa shape index (κ1) is 20.9. The zero-order chi connectivity index (χ0) is 19.3. The molecule has 26 heavy (non-hydrogen) atoms. The Hall–Kier alpha value is -1.38. The third kappa shape index (κ3) is 5.56. The third-order valence-corrected chi connectivity index (χ3v) is 5.27. The van der Waals surface area contributed by atoms with Crippen LogP contribution in [0.25, 0.3) is 0 Å². The molecule has 2 rings (SSSR count). The molecular formula is C20H29ClFN3O. The van der Waals surface area contributed by atoms with Gasteiger partial charge in [0.1, 0.15) is 11.2 Å². The van der Waals surface area contributed by atoms with Crippen molar-refractivity contribution in [2.24, 2.45) is 5.92 Å². The van der Waals surface area contributed by atoms with Gasteiger partial charge in [-0.1, -0.05) is 24.4 Å². The highest BCUT2D eigenvalue weighted by Crippen LogP contribution is 2.34. The second kappa shape index (κ2) is 9.01. The first-order chi connectivity index (χ1) is 12.2. The number of anilines is 1. The van der Waals surface area contributed by atoms with Gasteiger partial charge in [0.05, 0.1) is 11.2 Å². The Morgan fingerprint density at radius 2 is 2.08 bits per heavy atom. The summed E-state index contributed by atoms with van der Waals surface area (Å²) in [5.74, 6) is 0.221. The van der Waals surface area contributed by atoms with Crippen LogP contribution in [0.3, 0.4) is 0 Å². The van der Waals surface area contributed by atoms with Crippen LogP contribution in [0.2, 0.25) is 5.15 Å². The van der Waals surface area contributed by atoms with E-state index in [4.69, 9.17) is 21.6 Å². The molecule has 1 aromatic rings. The molecule has 2 unspecified atom stereocenters. The Bertz CT molecular complexity index is 654. The van der Waals surface area contributed by atoms with Crippen LogP contribution < -0.4 is 4.90 Å². The van der Waals surface area contributed by atoms with Crippen molar-refractivity contribution < 1.29 is 9.13 Å². The highest BCUT2D eigenvalue weighted by Gasteiger charge is 2.30. The summed E-state index contributed by atoms with van der Waals surface area (Å²) in [6.45, 7) is 6.93. The van der Waals surface area contributed by atoms with Crippen molar-refractivity contribution in [1.29, 1.82) is 5.26 Å². The normalized spacial score (nSPS) is 20.7. The summed E-state index contributed by atoms with van der Waals surface area (Å²) in [6.07, 6.45) is 6.54. The number of nitriles is 1. The lowest BCUT2D eigenvalue weighted by atomic mass is 9.81. The minimum atomic E-state index is -0.492. The number of aromatic nitrogens is 1. The van der Waals surface area contributed by atoms with Crippen LogP contribution in [0.5, 0.6) is 0 Å². The van der Waals surface area contributed by atoms with Crippen molar-refractivity contribution in [3.05, 3.63) is 22.6 Å². The maximum absolute atomic E-state index is 14.5. The first-order valence-electron chi connectivity index (χ1n) is 9.36. The zero-order valence-electron chi connectivity index (χ0n) is 16.2. The quantitative estimate of drug-likeness (QED) is 0.493. The van der Waals surface area contributed by atoms with E-state index in [1.807, 2.05) is 18.0 Å². The standard InChI is InChI=1S/C20H29ClFN3O/c1-20(2,3)26-11-7-9-14-8-5-6-10-17(14)25(4)19-16(22)12-15(13-23)18(21)24-19/h12,14,17H,5-11H2,1-4H3. The van der Waals surface area contributed by atoms with E-state index in [-0.39, 0.29) is 28.2 Å². The summed E-state index contributed by atoms with van der Waals surface area (Å²) in [6, 6.07) is 3.27. The van der Waals surface area contributed by atoms with Gasteiger partial charge < -0.3 is 9.64 Å². The van der Waals surface area contributed by atoms with E-state index in [9.17, 15) is 4.39 Å². The van der Waals surface area contributed by atoms with Gasteiger partial charge in [0, 0.05) is 19.7 Å². The van der Waals surface area contributed by atoms with Gasteiger partial charge in [0.15, 0.2) is 11.6 Å². The monoisotopic (exact) mass is 381 g/mol. The number of rotatable bonds is 6. The van der Waals surface area contributed by atoms with Crippen molar-refractivity contribution >= 4 is 17.4 Å². The molecule has 1 saturated carbocycles. The number of hydrogen-bond donors (Lipinski definition) is 0. The van der Waals surface area contributed by atoms with E-state index in [1.54, 1.807) is 0 Å². The van der Waals surface area contributed by atoms with Crippen molar-refractivity contribution in [3.8, 4) is 6.07 Å². The van der Waals surface area contributed by atoms with Crippen LogP contribution in [0.4, 0.5) is 10.2 Å². The Labute approximate surface area is 161 Å². The Morgan fingerprint density at radius 1 is 1.38 bits per heavy atom. The molecule has 0 aliphatic heterocycles. The molecule has 0 spiro atoms. The molecule has 1 aliphatic rings. The minimum Gasteiger partial charge on any atom is -0.376 e. The van der Waals surface area contributed by atoms with Crippen molar-refractivity contribution in [2.75, 3.05) is 18.6 Å². The summed E-state index contributed by atoms with van der Waals surface area (Å²) in [7, 11) is 1.88. The second-order valence-corrected chi connectivity index (χ2v) is 8.43. The summed E-state index contributed by atoms with van der Waals surface area (Å²) >= 11 is 6.02. The molecule has 4 nitrogen and oxygen atoms in total. The Balaban J connectivity index is 2.06. The van der Waals surface area contributed by atoms with E-state index in [0.29, 0.717) is 5.92 Å². The Kier molecular flexibility index (Phi) is 7.25. The lowest BCUT2D eigenvalue weighted by Crippen LogP contribution is -2.41. The molecule has 0 saturated heterocycles. The van der Waals surface area contributed by atoms with Gasteiger partial charge >= 0.3 is 0 Å². The van der Waals surface area contributed by atoms with Gasteiger partial charge in [-0.15, -0.1) is 0 Å². The van der Waals surface area contributed by atoms with Gasteiger partial charge in [0.2, 0.25) is 0 Å². The maximum Gasteiger partial charge on any atom is 0.167 e. The van der Waals surface area contributed by atoms with E-state index in [1.165, 1.54) is 12.5 Å². The highest BCUT2D eigenvalue weighted by molar-refractivity contribution is 6.30. The third-order valence-electron chi connectivity index (χ3n) is 4.99. The average Bonchev–Trinajstić information content (AvgIpc) is 2.59. The lowest BCUT2D eigenvalue weighted by molar-refractivity contribution is -0.00666. The largest absolute Gasteiger partial charge is 0.376 e. The number of hydrogen-bond acceptors (Lipinski definition) is 4. The van der Waals surface area contributed by atoms with Gasteiger partial charge in [-0.3, -0.25) is 0 Å². The molecule has 144 valence electrons. The van der Waals surface area contributed by atoms with Crippen LogP contribution in [0, 0.1) is 23.1 Å². The molecule has 6 heteroatoms.